The minimum absolute atomic E-state index is 0. The number of aromatic nitrogens is 4. The topological polar surface area (TPSA) is 57.4 Å². The van der Waals surface area contributed by atoms with Crippen molar-refractivity contribution in [3.05, 3.63) is 65.2 Å². The van der Waals surface area contributed by atoms with Crippen molar-refractivity contribution in [1.29, 1.82) is 0 Å². The molecule has 2 aliphatic rings. The van der Waals surface area contributed by atoms with Crippen molar-refractivity contribution < 1.29 is 22.4 Å². The Hall–Kier alpha value is -2.31. The molecule has 4 nitrogen and oxygen atoms in total. The van der Waals surface area contributed by atoms with Crippen molar-refractivity contribution in [2.24, 2.45) is 0 Å². The van der Waals surface area contributed by atoms with Crippen molar-refractivity contribution in [3.8, 4) is 0 Å². The molecule has 0 unspecified atom stereocenters. The van der Waals surface area contributed by atoms with Gasteiger partial charge >= 0.3 is 0 Å². The number of fused-ring (bicyclic) bond motifs is 8. The number of hydrogen-bond donors (Lipinski definition) is 3. The third-order valence-corrected chi connectivity index (χ3v) is 4.52. The smallest absolute Gasteiger partial charge is 0.0658 e. The molecule has 5 rings (SSSR count). The van der Waals surface area contributed by atoms with Gasteiger partial charge < -0.3 is 9.97 Å². The molecule has 0 atom stereocenters. The maximum absolute atomic E-state index is 4.64. The molecule has 3 aromatic rings. The summed E-state index contributed by atoms with van der Waals surface area (Å²) in [6.07, 6.45) is 8.03. The van der Waals surface area contributed by atoms with Crippen LogP contribution in [0.15, 0.2) is 47.4 Å². The first-order chi connectivity index (χ1) is 12.2. The number of nitrogens with zero attached hydrogens (tertiary/aromatic N) is 2. The van der Waals surface area contributed by atoms with E-state index in [2.05, 4.69) is 32.6 Å². The molecule has 0 fully saturated rings. The van der Waals surface area contributed by atoms with Gasteiger partial charge in [0.1, 0.15) is 0 Å². The maximum Gasteiger partial charge on any atom is 0.0658 e. The Kier molecular flexibility index (Phi) is 4.46. The zero-order valence-corrected chi connectivity index (χ0v) is 16.6. The number of rotatable bonds is 0. The third-order valence-electron chi connectivity index (χ3n) is 4.15. The minimum atomic E-state index is 0. The second kappa shape index (κ2) is 6.78. The van der Waals surface area contributed by atoms with Crippen molar-refractivity contribution >= 4 is 59.0 Å². The van der Waals surface area contributed by atoms with Crippen LogP contribution in [0.5, 0.6) is 0 Å². The fourth-order valence-electron chi connectivity index (χ4n) is 3.00. The molecule has 2 N–H and O–H groups in total. The van der Waals surface area contributed by atoms with Crippen LogP contribution in [0, 0.1) is 0 Å². The monoisotopic (exact) mass is 539 g/mol. The van der Waals surface area contributed by atoms with Gasteiger partial charge in [-0.25, -0.2) is 9.97 Å². The molecule has 0 aromatic carbocycles. The van der Waals surface area contributed by atoms with Crippen molar-refractivity contribution in [3.63, 3.8) is 0 Å². The van der Waals surface area contributed by atoms with Crippen LogP contribution in [0.25, 0.3) is 46.4 Å². The van der Waals surface area contributed by atoms with Crippen LogP contribution in [-0.4, -0.2) is 19.9 Å². The van der Waals surface area contributed by atoms with Gasteiger partial charge in [-0.15, -0.1) is 12.6 Å². The van der Waals surface area contributed by atoms with Gasteiger partial charge in [-0.05, 0) is 66.8 Å². The summed E-state index contributed by atoms with van der Waals surface area (Å²) in [6, 6.07) is 14.2. The van der Waals surface area contributed by atoms with Crippen LogP contribution in [0.3, 0.4) is 0 Å². The van der Waals surface area contributed by atoms with E-state index in [0.717, 1.165) is 49.7 Å². The summed E-state index contributed by atoms with van der Waals surface area (Å²) in [4.78, 5) is 16.9. The predicted octanol–water partition coefficient (Wildman–Crippen LogP) is 4.94. The first-order valence-electron chi connectivity index (χ1n) is 7.99. The average Bonchev–Trinajstić information content (AvgIpc) is 3.33. The SMILES string of the molecule is Sc1cc2cc3nc(cc4ccc(cc5nc(cc1[nH]2)C=C5)[nH]4)C=C3.[Au]. The molecule has 5 heterocycles. The first kappa shape index (κ1) is 17.1. The molecule has 1 radical (unpaired) electrons. The van der Waals surface area contributed by atoms with Crippen molar-refractivity contribution in [2.45, 2.75) is 4.90 Å². The Bertz CT molecular complexity index is 1220. The molecule has 26 heavy (non-hydrogen) atoms. The Balaban J connectivity index is 0.00000168. The molecule has 6 heteroatoms. The molecule has 8 bridgehead atoms. The van der Waals surface area contributed by atoms with Crippen molar-refractivity contribution in [1.82, 2.24) is 19.9 Å². The quantitative estimate of drug-likeness (QED) is 0.193. The summed E-state index contributed by atoms with van der Waals surface area (Å²) >= 11 is 4.56. The Morgan fingerprint density at radius 3 is 1.69 bits per heavy atom. The number of thiol groups is 1. The second-order valence-electron chi connectivity index (χ2n) is 6.06. The molecule has 0 aliphatic carbocycles. The molecule has 0 saturated heterocycles. The van der Waals surface area contributed by atoms with Crippen LogP contribution in [0.2, 0.25) is 0 Å². The van der Waals surface area contributed by atoms with E-state index < -0.39 is 0 Å². The molecule has 0 saturated carbocycles. The summed E-state index contributed by atoms with van der Waals surface area (Å²) in [7, 11) is 0. The summed E-state index contributed by atoms with van der Waals surface area (Å²) < 4.78 is 0. The molecule has 2 aliphatic heterocycles. The van der Waals surface area contributed by atoms with Crippen LogP contribution < -0.4 is 0 Å². The van der Waals surface area contributed by atoms with Gasteiger partial charge in [0.2, 0.25) is 0 Å². The third kappa shape index (κ3) is 3.34. The van der Waals surface area contributed by atoms with E-state index >= 15 is 0 Å². The Morgan fingerprint density at radius 1 is 0.615 bits per heavy atom. The largest absolute Gasteiger partial charge is 0.355 e. The molecule has 131 valence electrons. The fourth-order valence-corrected chi connectivity index (χ4v) is 3.26. The van der Waals surface area contributed by atoms with Gasteiger partial charge in [-0.1, -0.05) is 0 Å². The Labute approximate surface area is 171 Å². The normalized spacial score (nSPS) is 12.2. The van der Waals surface area contributed by atoms with Crippen LogP contribution in [0.1, 0.15) is 22.8 Å². The van der Waals surface area contributed by atoms with Crippen molar-refractivity contribution in [2.75, 3.05) is 0 Å². The van der Waals surface area contributed by atoms with Gasteiger partial charge in [-0.2, -0.15) is 0 Å². The van der Waals surface area contributed by atoms with Gasteiger partial charge in [0, 0.05) is 43.8 Å². The summed E-state index contributed by atoms with van der Waals surface area (Å²) in [5, 5.41) is 0. The Morgan fingerprint density at radius 2 is 1.12 bits per heavy atom. The number of aromatic amines is 2. The molecule has 0 amide bonds. The van der Waals surface area contributed by atoms with Gasteiger partial charge in [-0.3, -0.25) is 0 Å². The average molecular weight is 539 g/mol. The van der Waals surface area contributed by atoms with Crippen LogP contribution in [-0.2, 0) is 22.4 Å². The van der Waals surface area contributed by atoms with E-state index in [0.29, 0.717) is 0 Å². The van der Waals surface area contributed by atoms with E-state index in [1.165, 1.54) is 0 Å². The number of nitrogens with one attached hydrogen (secondary N) is 2. The fraction of sp³-hybridized carbons (Fsp3) is 0. The summed E-state index contributed by atoms with van der Waals surface area (Å²) in [5.41, 5.74) is 7.57. The molecular formula is C20H14AuN4S. The molecule has 3 aromatic heterocycles. The molecule has 0 spiro atoms. The van der Waals surface area contributed by atoms with Gasteiger partial charge in [0.25, 0.3) is 0 Å². The number of H-pyrrole nitrogens is 2. The zero-order valence-electron chi connectivity index (χ0n) is 13.5. The standard InChI is InChI=1S/C20H14N4S.Au/c25-20-11-18-9-16-4-3-14(22-16)7-12-1-2-13(21-12)8-15-5-6-17(23-15)10-19(20)24-18;/h1-11,21,24-25H;. The van der Waals surface area contributed by atoms with E-state index in [-0.39, 0.29) is 22.4 Å². The predicted molar refractivity (Wildman–Crippen MR) is 106 cm³/mol. The number of hydrogen-bond acceptors (Lipinski definition) is 3. The zero-order chi connectivity index (χ0) is 16.8. The van der Waals surface area contributed by atoms with E-state index in [4.69, 9.17) is 0 Å². The maximum atomic E-state index is 4.64. The van der Waals surface area contributed by atoms with Crippen LogP contribution in [0.4, 0.5) is 0 Å². The molecular weight excluding hydrogens is 525 g/mol. The van der Waals surface area contributed by atoms with E-state index in [1.807, 2.05) is 66.8 Å². The second-order valence-corrected chi connectivity index (χ2v) is 6.54. The van der Waals surface area contributed by atoms with Gasteiger partial charge in [0.05, 0.1) is 28.3 Å². The first-order valence-corrected chi connectivity index (χ1v) is 8.43. The van der Waals surface area contributed by atoms with Gasteiger partial charge in [0.15, 0.2) is 0 Å². The van der Waals surface area contributed by atoms with E-state index in [9.17, 15) is 0 Å². The van der Waals surface area contributed by atoms with Crippen LogP contribution >= 0.6 is 12.6 Å². The van der Waals surface area contributed by atoms with E-state index in [1.54, 1.807) is 0 Å². The summed E-state index contributed by atoms with van der Waals surface area (Å²) in [5.74, 6) is 0. The summed E-state index contributed by atoms with van der Waals surface area (Å²) in [6.45, 7) is 0. The minimum Gasteiger partial charge on any atom is -0.355 e.